The Morgan fingerprint density at radius 3 is 2.87 bits per heavy atom. The molecular formula is C22H19N3O3S2. The smallest absolute Gasteiger partial charge is 0.231 e. The van der Waals surface area contributed by atoms with Gasteiger partial charge < -0.3 is 19.4 Å². The van der Waals surface area contributed by atoms with Crippen LogP contribution in [0.4, 0.5) is 5.13 Å². The van der Waals surface area contributed by atoms with Gasteiger partial charge in [0, 0.05) is 34.1 Å². The third kappa shape index (κ3) is 3.48. The number of anilines is 1. The molecule has 1 aliphatic heterocycles. The quantitative estimate of drug-likeness (QED) is 0.467. The van der Waals surface area contributed by atoms with Gasteiger partial charge in [0.2, 0.25) is 12.7 Å². The predicted octanol–water partition coefficient (Wildman–Crippen LogP) is 5.19. The van der Waals surface area contributed by atoms with E-state index in [1.54, 1.807) is 11.3 Å². The van der Waals surface area contributed by atoms with Crippen LogP contribution in [0.25, 0.3) is 16.9 Å². The second kappa shape index (κ2) is 7.62. The van der Waals surface area contributed by atoms with Crippen molar-refractivity contribution in [2.24, 2.45) is 0 Å². The molecule has 0 spiro atoms. The molecule has 1 aromatic carbocycles. The number of fused-ring (bicyclic) bond motifs is 1. The molecule has 0 unspecified atom stereocenters. The zero-order valence-corrected chi connectivity index (χ0v) is 18.1. The number of hydrogen-bond donors (Lipinski definition) is 1. The normalized spacial score (nSPS) is 12.3. The van der Waals surface area contributed by atoms with Gasteiger partial charge in [-0.15, -0.1) is 11.3 Å². The molecule has 8 heteroatoms. The molecule has 0 saturated heterocycles. The summed E-state index contributed by atoms with van der Waals surface area (Å²) in [6.07, 6.45) is 0.358. The summed E-state index contributed by atoms with van der Waals surface area (Å²) >= 11 is 3.02. The minimum atomic E-state index is -0.0554. The maximum atomic E-state index is 12.3. The average Bonchev–Trinajstić information content (AvgIpc) is 3.49. The lowest BCUT2D eigenvalue weighted by Gasteiger charge is -2.10. The number of ether oxygens (including phenoxy) is 2. The first kappa shape index (κ1) is 18.9. The first-order valence-electron chi connectivity index (χ1n) is 9.44. The van der Waals surface area contributed by atoms with Crippen molar-refractivity contribution in [1.29, 1.82) is 0 Å². The Bertz CT molecular complexity index is 1220. The van der Waals surface area contributed by atoms with Crippen LogP contribution in [0.5, 0.6) is 11.5 Å². The van der Waals surface area contributed by atoms with E-state index in [4.69, 9.17) is 9.47 Å². The summed E-state index contributed by atoms with van der Waals surface area (Å²) in [7, 11) is 0. The van der Waals surface area contributed by atoms with E-state index in [2.05, 4.69) is 34.8 Å². The molecule has 4 heterocycles. The van der Waals surface area contributed by atoms with Gasteiger partial charge >= 0.3 is 0 Å². The summed E-state index contributed by atoms with van der Waals surface area (Å²) in [5, 5.41) is 9.45. The number of nitrogens with one attached hydrogen (secondary N) is 1. The molecule has 1 amide bonds. The molecule has 0 saturated carbocycles. The molecule has 0 bridgehead atoms. The van der Waals surface area contributed by atoms with Gasteiger partial charge in [0.1, 0.15) is 0 Å². The SMILES string of the molecule is Cc1cc(-c2csc(NC(=O)Cc3ccsc3)n2)c(C)n1-c1ccc2c(c1)OCO2. The van der Waals surface area contributed by atoms with E-state index in [1.165, 1.54) is 11.3 Å². The molecule has 0 radical (unpaired) electrons. The second-order valence-electron chi connectivity index (χ2n) is 7.05. The lowest BCUT2D eigenvalue weighted by atomic mass is 10.2. The molecule has 3 aromatic heterocycles. The van der Waals surface area contributed by atoms with Crippen LogP contribution in [0.2, 0.25) is 0 Å². The van der Waals surface area contributed by atoms with Crippen LogP contribution in [0.1, 0.15) is 17.0 Å². The van der Waals surface area contributed by atoms with Gasteiger partial charge in [-0.05, 0) is 54.4 Å². The van der Waals surface area contributed by atoms with E-state index in [1.807, 2.05) is 40.4 Å². The predicted molar refractivity (Wildman–Crippen MR) is 119 cm³/mol. The van der Waals surface area contributed by atoms with Gasteiger partial charge in [-0.25, -0.2) is 4.98 Å². The summed E-state index contributed by atoms with van der Waals surface area (Å²) in [6.45, 7) is 4.39. The maximum absolute atomic E-state index is 12.3. The molecule has 152 valence electrons. The minimum absolute atomic E-state index is 0.0554. The molecule has 6 nitrogen and oxygen atoms in total. The summed E-state index contributed by atoms with van der Waals surface area (Å²) in [5.74, 6) is 1.47. The highest BCUT2D eigenvalue weighted by molar-refractivity contribution is 7.14. The van der Waals surface area contributed by atoms with E-state index in [0.29, 0.717) is 11.6 Å². The fraction of sp³-hybridized carbons (Fsp3) is 0.182. The van der Waals surface area contributed by atoms with Gasteiger partial charge in [0.15, 0.2) is 16.6 Å². The molecule has 30 heavy (non-hydrogen) atoms. The van der Waals surface area contributed by atoms with E-state index < -0.39 is 0 Å². The van der Waals surface area contributed by atoms with Crippen LogP contribution in [-0.2, 0) is 11.2 Å². The molecular weight excluding hydrogens is 418 g/mol. The van der Waals surface area contributed by atoms with Crippen LogP contribution in [0.15, 0.2) is 46.5 Å². The van der Waals surface area contributed by atoms with Crippen LogP contribution >= 0.6 is 22.7 Å². The first-order valence-corrected chi connectivity index (χ1v) is 11.3. The fourth-order valence-corrected chi connectivity index (χ4v) is 5.04. The van der Waals surface area contributed by atoms with Crippen molar-refractivity contribution in [3.63, 3.8) is 0 Å². The number of nitrogens with zero attached hydrogens (tertiary/aromatic N) is 2. The van der Waals surface area contributed by atoms with Crippen molar-refractivity contribution in [3.8, 4) is 28.4 Å². The number of rotatable bonds is 5. The van der Waals surface area contributed by atoms with Crippen molar-refractivity contribution in [3.05, 3.63) is 63.4 Å². The molecule has 4 aromatic rings. The van der Waals surface area contributed by atoms with Crippen LogP contribution in [-0.4, -0.2) is 22.3 Å². The zero-order chi connectivity index (χ0) is 20.7. The number of amides is 1. The Morgan fingerprint density at radius 2 is 2.03 bits per heavy atom. The van der Waals surface area contributed by atoms with E-state index in [9.17, 15) is 4.79 Å². The Morgan fingerprint density at radius 1 is 1.17 bits per heavy atom. The van der Waals surface area contributed by atoms with E-state index >= 15 is 0 Å². The summed E-state index contributed by atoms with van der Waals surface area (Å²) < 4.78 is 13.1. The Balaban J connectivity index is 1.39. The number of thiazole rings is 1. The van der Waals surface area contributed by atoms with Crippen LogP contribution < -0.4 is 14.8 Å². The Hall–Kier alpha value is -3.10. The average molecular weight is 438 g/mol. The van der Waals surface area contributed by atoms with Crippen molar-refractivity contribution >= 4 is 33.7 Å². The highest BCUT2D eigenvalue weighted by atomic mass is 32.1. The van der Waals surface area contributed by atoms with Gasteiger partial charge in [-0.1, -0.05) is 0 Å². The number of thiophene rings is 1. The molecule has 0 aliphatic carbocycles. The highest BCUT2D eigenvalue weighted by Gasteiger charge is 2.19. The summed E-state index contributed by atoms with van der Waals surface area (Å²) in [4.78, 5) is 16.9. The number of aryl methyl sites for hydroxylation is 1. The number of carbonyl (C=O) groups is 1. The lowest BCUT2D eigenvalue weighted by molar-refractivity contribution is -0.115. The molecule has 1 N–H and O–H groups in total. The van der Waals surface area contributed by atoms with Crippen molar-refractivity contribution < 1.29 is 14.3 Å². The molecule has 1 aliphatic rings. The van der Waals surface area contributed by atoms with E-state index in [-0.39, 0.29) is 12.7 Å². The number of aromatic nitrogens is 2. The van der Waals surface area contributed by atoms with Gasteiger partial charge in [-0.3, -0.25) is 4.79 Å². The molecule has 0 fully saturated rings. The van der Waals surface area contributed by atoms with Crippen molar-refractivity contribution in [2.75, 3.05) is 12.1 Å². The third-order valence-electron chi connectivity index (χ3n) is 5.02. The third-order valence-corrected chi connectivity index (χ3v) is 6.51. The van der Waals surface area contributed by atoms with Gasteiger partial charge in [0.05, 0.1) is 12.1 Å². The summed E-state index contributed by atoms with van der Waals surface area (Å²) in [6, 6.07) is 10.0. The van der Waals surface area contributed by atoms with Crippen molar-refractivity contribution in [1.82, 2.24) is 9.55 Å². The van der Waals surface area contributed by atoms with Crippen LogP contribution in [0.3, 0.4) is 0 Å². The zero-order valence-electron chi connectivity index (χ0n) is 16.5. The lowest BCUT2D eigenvalue weighted by Crippen LogP contribution is -2.13. The Labute approximate surface area is 181 Å². The van der Waals surface area contributed by atoms with Gasteiger partial charge in [0.25, 0.3) is 0 Å². The highest BCUT2D eigenvalue weighted by Crippen LogP contribution is 2.36. The summed E-state index contributed by atoms with van der Waals surface area (Å²) in [5.41, 5.74) is 6.09. The van der Waals surface area contributed by atoms with Crippen molar-refractivity contribution in [2.45, 2.75) is 20.3 Å². The monoisotopic (exact) mass is 437 g/mol. The molecule has 5 rings (SSSR count). The minimum Gasteiger partial charge on any atom is -0.454 e. The maximum Gasteiger partial charge on any atom is 0.231 e. The number of benzene rings is 1. The largest absolute Gasteiger partial charge is 0.454 e. The number of carbonyl (C=O) groups excluding carboxylic acids is 1. The van der Waals surface area contributed by atoms with Crippen LogP contribution in [0, 0.1) is 13.8 Å². The molecule has 0 atom stereocenters. The standard InChI is InChI=1S/C22H19N3O3S2/c1-13-7-17(14(2)25(13)16-3-4-19-20(9-16)28-12-27-19)18-11-30-22(23-18)24-21(26)8-15-5-6-29-10-15/h3-7,9-11H,8,12H2,1-2H3,(H,23,24,26). The van der Waals surface area contributed by atoms with E-state index in [0.717, 1.165) is 45.4 Å². The fourth-order valence-electron chi connectivity index (χ4n) is 3.64. The Kier molecular flexibility index (Phi) is 4.80. The number of hydrogen-bond acceptors (Lipinski definition) is 6. The first-order chi connectivity index (χ1) is 14.6. The topological polar surface area (TPSA) is 65.4 Å². The second-order valence-corrected chi connectivity index (χ2v) is 8.69. The van der Waals surface area contributed by atoms with Gasteiger partial charge in [-0.2, -0.15) is 11.3 Å².